The van der Waals surface area contributed by atoms with Gasteiger partial charge in [-0.3, -0.25) is 0 Å². The molecule has 0 aromatic heterocycles. The summed E-state index contributed by atoms with van der Waals surface area (Å²) in [4.78, 5) is 12.2. The van der Waals surface area contributed by atoms with Crippen LogP contribution in [-0.4, -0.2) is 25.3 Å². The Balaban J connectivity index is 1.61. The van der Waals surface area contributed by atoms with Crippen molar-refractivity contribution < 1.29 is 19.0 Å². The Bertz CT molecular complexity index is 743. The smallest absolute Gasteiger partial charge is 0.343 e. The summed E-state index contributed by atoms with van der Waals surface area (Å²) in [5.74, 6) is 0.534. The minimum atomic E-state index is -0.470. The standard InChI is InChI=1S/C19H17NO4/c20-12-14-6-8-16(9-7-14)24-19(21)15-3-1-4-17(11-15)23-13-18-5-2-10-22-18/h1,3-4,6-9,11,18H,2,5,10,13H2/t18-/m1/s1. The van der Waals surface area contributed by atoms with Crippen LogP contribution in [0, 0.1) is 11.3 Å². The monoisotopic (exact) mass is 323 g/mol. The normalized spacial score (nSPS) is 16.4. The maximum Gasteiger partial charge on any atom is 0.343 e. The van der Waals surface area contributed by atoms with Crippen LogP contribution in [-0.2, 0) is 4.74 Å². The van der Waals surface area contributed by atoms with E-state index >= 15 is 0 Å². The maximum atomic E-state index is 12.2. The van der Waals surface area contributed by atoms with Crippen molar-refractivity contribution in [1.82, 2.24) is 0 Å². The second-order valence-corrected chi connectivity index (χ2v) is 5.50. The number of hydrogen-bond donors (Lipinski definition) is 0. The fraction of sp³-hybridized carbons (Fsp3) is 0.263. The van der Waals surface area contributed by atoms with Crippen molar-refractivity contribution in [1.29, 1.82) is 5.26 Å². The van der Waals surface area contributed by atoms with Crippen LogP contribution in [0.3, 0.4) is 0 Å². The van der Waals surface area contributed by atoms with Gasteiger partial charge < -0.3 is 14.2 Å². The molecule has 1 atom stereocenters. The Morgan fingerprint density at radius 3 is 2.75 bits per heavy atom. The molecule has 1 saturated heterocycles. The predicted molar refractivity (Wildman–Crippen MR) is 87.0 cm³/mol. The fourth-order valence-corrected chi connectivity index (χ4v) is 2.44. The number of carbonyl (C=O) groups is 1. The van der Waals surface area contributed by atoms with Crippen molar-refractivity contribution in [3.8, 4) is 17.6 Å². The molecule has 2 aromatic carbocycles. The molecule has 5 nitrogen and oxygen atoms in total. The number of esters is 1. The first-order valence-electron chi connectivity index (χ1n) is 7.81. The summed E-state index contributed by atoms with van der Waals surface area (Å²) in [6.07, 6.45) is 2.19. The highest BCUT2D eigenvalue weighted by molar-refractivity contribution is 5.91. The number of nitriles is 1. The van der Waals surface area contributed by atoms with Crippen LogP contribution in [0.1, 0.15) is 28.8 Å². The summed E-state index contributed by atoms with van der Waals surface area (Å²) in [6.45, 7) is 1.26. The van der Waals surface area contributed by atoms with E-state index in [2.05, 4.69) is 0 Å². The summed E-state index contributed by atoms with van der Waals surface area (Å²) in [5.41, 5.74) is 0.920. The first-order valence-corrected chi connectivity index (χ1v) is 7.81. The molecule has 0 bridgehead atoms. The number of hydrogen-bond acceptors (Lipinski definition) is 5. The minimum absolute atomic E-state index is 0.124. The van der Waals surface area contributed by atoms with Gasteiger partial charge in [0.25, 0.3) is 0 Å². The van der Waals surface area contributed by atoms with E-state index in [1.807, 2.05) is 6.07 Å². The molecule has 1 heterocycles. The molecule has 0 amide bonds. The number of carbonyl (C=O) groups excluding carboxylic acids is 1. The zero-order valence-electron chi connectivity index (χ0n) is 13.1. The summed E-state index contributed by atoms with van der Waals surface area (Å²) in [5, 5.41) is 8.77. The van der Waals surface area contributed by atoms with Gasteiger partial charge in [-0.1, -0.05) is 6.07 Å². The average molecular weight is 323 g/mol. The van der Waals surface area contributed by atoms with Gasteiger partial charge in [0.15, 0.2) is 0 Å². The van der Waals surface area contributed by atoms with Crippen LogP contribution >= 0.6 is 0 Å². The lowest BCUT2D eigenvalue weighted by Gasteiger charge is -2.12. The predicted octanol–water partition coefficient (Wildman–Crippen LogP) is 3.34. The molecular formula is C19H17NO4. The van der Waals surface area contributed by atoms with Crippen LogP contribution in [0.2, 0.25) is 0 Å². The SMILES string of the molecule is N#Cc1ccc(OC(=O)c2cccc(OC[C@H]3CCCO3)c2)cc1. The maximum absolute atomic E-state index is 12.2. The molecule has 2 aromatic rings. The number of rotatable bonds is 5. The van der Waals surface area contributed by atoms with Crippen LogP contribution in [0.5, 0.6) is 11.5 Å². The molecule has 3 rings (SSSR count). The van der Waals surface area contributed by atoms with Gasteiger partial charge in [0.2, 0.25) is 0 Å². The quantitative estimate of drug-likeness (QED) is 0.623. The van der Waals surface area contributed by atoms with Crippen LogP contribution < -0.4 is 9.47 Å². The van der Waals surface area contributed by atoms with E-state index in [1.54, 1.807) is 48.5 Å². The molecule has 0 aliphatic carbocycles. The molecule has 5 heteroatoms. The van der Waals surface area contributed by atoms with Gasteiger partial charge in [-0.05, 0) is 55.3 Å². The molecule has 0 saturated carbocycles. The van der Waals surface area contributed by atoms with Gasteiger partial charge in [-0.25, -0.2) is 4.79 Å². The van der Waals surface area contributed by atoms with Crippen molar-refractivity contribution in [2.45, 2.75) is 18.9 Å². The molecule has 1 aliphatic heterocycles. The minimum Gasteiger partial charge on any atom is -0.491 e. The molecule has 0 spiro atoms. The zero-order chi connectivity index (χ0) is 16.8. The Morgan fingerprint density at radius 2 is 2.04 bits per heavy atom. The molecular weight excluding hydrogens is 306 g/mol. The van der Waals surface area contributed by atoms with Gasteiger partial charge in [0.05, 0.1) is 23.3 Å². The van der Waals surface area contributed by atoms with Gasteiger partial charge in [-0.15, -0.1) is 0 Å². The third kappa shape index (κ3) is 4.12. The van der Waals surface area contributed by atoms with E-state index in [0.29, 0.717) is 29.2 Å². The van der Waals surface area contributed by atoms with Crippen molar-refractivity contribution in [2.24, 2.45) is 0 Å². The summed E-state index contributed by atoms with van der Waals surface area (Å²) < 4.78 is 16.5. The molecule has 1 fully saturated rings. The number of ether oxygens (including phenoxy) is 3. The fourth-order valence-electron chi connectivity index (χ4n) is 2.44. The van der Waals surface area contributed by atoms with Crippen molar-refractivity contribution in [3.63, 3.8) is 0 Å². The van der Waals surface area contributed by atoms with E-state index in [-0.39, 0.29) is 6.10 Å². The lowest BCUT2D eigenvalue weighted by Crippen LogP contribution is -2.16. The first-order chi connectivity index (χ1) is 11.7. The highest BCUT2D eigenvalue weighted by Crippen LogP contribution is 2.19. The van der Waals surface area contributed by atoms with E-state index in [4.69, 9.17) is 19.5 Å². The van der Waals surface area contributed by atoms with Gasteiger partial charge in [0.1, 0.15) is 18.1 Å². The van der Waals surface area contributed by atoms with Crippen molar-refractivity contribution in [2.75, 3.05) is 13.2 Å². The molecule has 0 N–H and O–H groups in total. The second kappa shape index (κ2) is 7.62. The molecule has 1 aliphatic rings. The lowest BCUT2D eigenvalue weighted by atomic mass is 10.2. The third-order valence-electron chi connectivity index (χ3n) is 3.72. The second-order valence-electron chi connectivity index (χ2n) is 5.50. The first kappa shape index (κ1) is 16.0. The molecule has 0 radical (unpaired) electrons. The number of benzene rings is 2. The summed E-state index contributed by atoms with van der Waals surface area (Å²) in [7, 11) is 0. The topological polar surface area (TPSA) is 68.5 Å². The third-order valence-corrected chi connectivity index (χ3v) is 3.72. The van der Waals surface area contributed by atoms with E-state index in [0.717, 1.165) is 19.4 Å². The average Bonchev–Trinajstić information content (AvgIpc) is 3.14. The van der Waals surface area contributed by atoms with Crippen LogP contribution in [0.15, 0.2) is 48.5 Å². The molecule has 0 unspecified atom stereocenters. The van der Waals surface area contributed by atoms with Crippen molar-refractivity contribution in [3.05, 3.63) is 59.7 Å². The van der Waals surface area contributed by atoms with Gasteiger partial charge in [0, 0.05) is 6.61 Å². The Labute approximate surface area is 140 Å². The highest BCUT2D eigenvalue weighted by atomic mass is 16.5. The van der Waals surface area contributed by atoms with Crippen LogP contribution in [0.4, 0.5) is 0 Å². The zero-order valence-corrected chi connectivity index (χ0v) is 13.1. The Morgan fingerprint density at radius 1 is 1.21 bits per heavy atom. The highest BCUT2D eigenvalue weighted by Gasteiger charge is 2.16. The van der Waals surface area contributed by atoms with Gasteiger partial charge in [-0.2, -0.15) is 5.26 Å². The van der Waals surface area contributed by atoms with Crippen molar-refractivity contribution >= 4 is 5.97 Å². The Hall–Kier alpha value is -2.84. The summed E-state index contributed by atoms with van der Waals surface area (Å²) in [6, 6.07) is 15.3. The van der Waals surface area contributed by atoms with E-state index < -0.39 is 5.97 Å². The number of nitrogens with zero attached hydrogens (tertiary/aromatic N) is 1. The van der Waals surface area contributed by atoms with E-state index in [1.165, 1.54) is 0 Å². The largest absolute Gasteiger partial charge is 0.491 e. The van der Waals surface area contributed by atoms with E-state index in [9.17, 15) is 4.79 Å². The molecule has 122 valence electrons. The van der Waals surface area contributed by atoms with Gasteiger partial charge >= 0.3 is 5.97 Å². The summed E-state index contributed by atoms with van der Waals surface area (Å²) >= 11 is 0. The molecule has 24 heavy (non-hydrogen) atoms. The van der Waals surface area contributed by atoms with Crippen LogP contribution in [0.25, 0.3) is 0 Å². The Kier molecular flexibility index (Phi) is 5.09. The lowest BCUT2D eigenvalue weighted by molar-refractivity contribution is 0.0676.